The van der Waals surface area contributed by atoms with Gasteiger partial charge < -0.3 is 14.6 Å². The topological polar surface area (TPSA) is 76.1 Å². The molecule has 0 bridgehead atoms. The summed E-state index contributed by atoms with van der Waals surface area (Å²) in [7, 11) is 0. The number of phenolic OH excluding ortho intramolecular Hbond substituents is 1. The van der Waals surface area contributed by atoms with Crippen LogP contribution in [-0.4, -0.2) is 40.3 Å². The van der Waals surface area contributed by atoms with Crippen LogP contribution in [0.4, 0.5) is 4.79 Å². The molecule has 1 fully saturated rings. The molecule has 6 heteroatoms. The third kappa shape index (κ3) is 3.70. The Labute approximate surface area is 152 Å². The van der Waals surface area contributed by atoms with Crippen LogP contribution in [0, 0.1) is 0 Å². The van der Waals surface area contributed by atoms with E-state index in [2.05, 4.69) is 0 Å². The Morgan fingerprint density at radius 2 is 1.81 bits per heavy atom. The summed E-state index contributed by atoms with van der Waals surface area (Å²) in [5, 5.41) is 9.38. The number of hydrogen-bond acceptors (Lipinski definition) is 5. The van der Waals surface area contributed by atoms with Crippen LogP contribution < -0.4 is 0 Å². The lowest BCUT2D eigenvalue weighted by Gasteiger charge is -2.32. The molecule has 1 aliphatic heterocycles. The van der Waals surface area contributed by atoms with Crippen LogP contribution in [0.15, 0.2) is 54.6 Å². The highest BCUT2D eigenvalue weighted by molar-refractivity contribution is 6.02. The molecule has 2 aromatic rings. The minimum Gasteiger partial charge on any atom is -0.508 e. The van der Waals surface area contributed by atoms with Crippen molar-refractivity contribution in [3.8, 4) is 5.75 Å². The van der Waals surface area contributed by atoms with Gasteiger partial charge in [-0.05, 0) is 43.7 Å². The fraction of sp³-hybridized carbons (Fsp3) is 0.300. The number of hydrogen-bond donors (Lipinski definition) is 1. The second-order valence-electron chi connectivity index (χ2n) is 6.59. The van der Waals surface area contributed by atoms with Gasteiger partial charge in [0.05, 0.1) is 6.61 Å². The summed E-state index contributed by atoms with van der Waals surface area (Å²) in [6.45, 7) is 3.65. The lowest BCUT2D eigenvalue weighted by Crippen LogP contribution is -2.50. The third-order valence-electron chi connectivity index (χ3n) is 4.34. The van der Waals surface area contributed by atoms with Gasteiger partial charge in [-0.15, -0.1) is 0 Å². The van der Waals surface area contributed by atoms with Crippen molar-refractivity contribution in [2.24, 2.45) is 0 Å². The van der Waals surface area contributed by atoms with Crippen LogP contribution in [0.25, 0.3) is 0 Å². The van der Waals surface area contributed by atoms with E-state index in [9.17, 15) is 14.7 Å². The fourth-order valence-corrected chi connectivity index (χ4v) is 2.95. The van der Waals surface area contributed by atoms with Gasteiger partial charge in [0.1, 0.15) is 24.1 Å². The van der Waals surface area contributed by atoms with E-state index in [-0.39, 0.29) is 24.7 Å². The van der Waals surface area contributed by atoms with Gasteiger partial charge in [-0.25, -0.2) is 4.79 Å². The minimum atomic E-state index is -0.953. The van der Waals surface area contributed by atoms with Crippen molar-refractivity contribution in [2.45, 2.75) is 32.2 Å². The summed E-state index contributed by atoms with van der Waals surface area (Å²) in [5.74, 6) is -0.184. The molecule has 3 rings (SSSR count). The SMILES string of the molecule is CC1(C)OC[C@H](C(=O)c2ccc(O)cc2)N1C(=O)OCc1ccccc1. The van der Waals surface area contributed by atoms with Gasteiger partial charge in [0.15, 0.2) is 5.78 Å². The highest BCUT2D eigenvalue weighted by Crippen LogP contribution is 2.30. The summed E-state index contributed by atoms with van der Waals surface area (Å²) in [5.41, 5.74) is 0.306. The zero-order valence-electron chi connectivity index (χ0n) is 14.7. The summed E-state index contributed by atoms with van der Waals surface area (Å²) in [6, 6.07) is 14.5. The standard InChI is InChI=1S/C20H21NO5/c1-20(2)21(19(24)25-12-14-6-4-3-5-7-14)17(13-26-20)18(23)15-8-10-16(22)11-9-15/h3-11,17,22H,12-13H2,1-2H3/t17-/m1/s1. The third-order valence-corrected chi connectivity index (χ3v) is 4.34. The van der Waals surface area contributed by atoms with Crippen LogP contribution in [-0.2, 0) is 16.1 Å². The van der Waals surface area contributed by atoms with E-state index in [0.29, 0.717) is 5.56 Å². The van der Waals surface area contributed by atoms with Crippen LogP contribution in [0.2, 0.25) is 0 Å². The van der Waals surface area contributed by atoms with Crippen molar-refractivity contribution in [1.82, 2.24) is 4.90 Å². The quantitative estimate of drug-likeness (QED) is 0.851. The second kappa shape index (κ2) is 7.17. The minimum absolute atomic E-state index is 0.0729. The van der Waals surface area contributed by atoms with Crippen molar-refractivity contribution < 1.29 is 24.2 Å². The van der Waals surface area contributed by atoms with Crippen LogP contribution in [0.1, 0.15) is 29.8 Å². The number of Topliss-reactive ketones (excluding diaryl/α,β-unsaturated/α-hetero) is 1. The van der Waals surface area contributed by atoms with Gasteiger partial charge in [0.2, 0.25) is 0 Å². The smallest absolute Gasteiger partial charge is 0.413 e. The van der Waals surface area contributed by atoms with E-state index in [1.54, 1.807) is 13.8 Å². The van der Waals surface area contributed by atoms with E-state index < -0.39 is 17.9 Å². The number of benzene rings is 2. The van der Waals surface area contributed by atoms with Crippen molar-refractivity contribution in [2.75, 3.05) is 6.61 Å². The molecule has 26 heavy (non-hydrogen) atoms. The molecule has 6 nitrogen and oxygen atoms in total. The van der Waals surface area contributed by atoms with Crippen molar-refractivity contribution in [3.63, 3.8) is 0 Å². The van der Waals surface area contributed by atoms with Crippen molar-refractivity contribution in [1.29, 1.82) is 0 Å². The van der Waals surface area contributed by atoms with Crippen LogP contribution >= 0.6 is 0 Å². The zero-order chi connectivity index (χ0) is 18.7. The summed E-state index contributed by atoms with van der Waals surface area (Å²) in [4.78, 5) is 26.8. The van der Waals surface area contributed by atoms with E-state index in [1.807, 2.05) is 30.3 Å². The molecule has 0 radical (unpaired) electrons. The second-order valence-corrected chi connectivity index (χ2v) is 6.59. The molecule has 0 aliphatic carbocycles. The lowest BCUT2D eigenvalue weighted by atomic mass is 10.0. The highest BCUT2D eigenvalue weighted by Gasteiger charge is 2.48. The molecule has 0 aromatic heterocycles. The van der Waals surface area contributed by atoms with Gasteiger partial charge in [0.25, 0.3) is 0 Å². The van der Waals surface area contributed by atoms with Gasteiger partial charge in [-0.2, -0.15) is 0 Å². The summed E-state index contributed by atoms with van der Waals surface area (Å²) >= 11 is 0. The molecule has 136 valence electrons. The number of nitrogens with zero attached hydrogens (tertiary/aromatic N) is 1. The lowest BCUT2D eigenvalue weighted by molar-refractivity contribution is -0.0484. The molecular formula is C20H21NO5. The number of carbonyl (C=O) groups is 2. The number of rotatable bonds is 4. The molecule has 1 aliphatic rings. The normalized spacial score (nSPS) is 18.5. The van der Waals surface area contributed by atoms with Crippen molar-refractivity contribution in [3.05, 3.63) is 65.7 Å². The largest absolute Gasteiger partial charge is 0.508 e. The first-order valence-corrected chi connectivity index (χ1v) is 8.36. The first-order valence-electron chi connectivity index (χ1n) is 8.36. The summed E-state index contributed by atoms with van der Waals surface area (Å²) in [6.07, 6.45) is -0.603. The number of amides is 1. The number of aromatic hydroxyl groups is 1. The van der Waals surface area contributed by atoms with Gasteiger partial charge in [-0.3, -0.25) is 9.69 Å². The molecule has 1 N–H and O–H groups in total. The Morgan fingerprint density at radius 1 is 1.15 bits per heavy atom. The van der Waals surface area contributed by atoms with Crippen LogP contribution in [0.3, 0.4) is 0 Å². The Bertz CT molecular complexity index is 786. The molecule has 2 aromatic carbocycles. The van der Waals surface area contributed by atoms with Gasteiger partial charge >= 0.3 is 6.09 Å². The van der Waals surface area contributed by atoms with E-state index >= 15 is 0 Å². The molecule has 1 amide bonds. The van der Waals surface area contributed by atoms with E-state index in [4.69, 9.17) is 9.47 Å². The Kier molecular flexibility index (Phi) is 4.95. The maximum absolute atomic E-state index is 12.8. The monoisotopic (exact) mass is 355 g/mol. The van der Waals surface area contributed by atoms with Gasteiger partial charge in [-0.1, -0.05) is 30.3 Å². The number of carbonyl (C=O) groups excluding carboxylic acids is 2. The molecule has 1 heterocycles. The first-order chi connectivity index (χ1) is 12.4. The van der Waals surface area contributed by atoms with Crippen molar-refractivity contribution >= 4 is 11.9 Å². The Hall–Kier alpha value is -2.86. The van der Waals surface area contributed by atoms with E-state index in [0.717, 1.165) is 5.56 Å². The number of ketones is 1. The highest BCUT2D eigenvalue weighted by atomic mass is 16.6. The summed E-state index contributed by atoms with van der Waals surface area (Å²) < 4.78 is 11.1. The maximum Gasteiger partial charge on any atom is 0.413 e. The Morgan fingerprint density at radius 3 is 2.46 bits per heavy atom. The van der Waals surface area contributed by atoms with E-state index in [1.165, 1.54) is 29.2 Å². The number of ether oxygens (including phenoxy) is 2. The number of phenols is 1. The molecule has 0 spiro atoms. The predicted octanol–water partition coefficient (Wildman–Crippen LogP) is 3.35. The maximum atomic E-state index is 12.8. The van der Waals surface area contributed by atoms with Crippen LogP contribution in [0.5, 0.6) is 5.75 Å². The van der Waals surface area contributed by atoms with Gasteiger partial charge in [0, 0.05) is 5.56 Å². The molecule has 1 saturated heterocycles. The fourth-order valence-electron chi connectivity index (χ4n) is 2.95. The average Bonchev–Trinajstić information content (AvgIpc) is 2.96. The molecule has 0 unspecified atom stereocenters. The average molecular weight is 355 g/mol. The Balaban J connectivity index is 1.76. The molecular weight excluding hydrogens is 334 g/mol. The molecule has 1 atom stereocenters. The predicted molar refractivity (Wildman–Crippen MR) is 94.7 cm³/mol. The molecule has 0 saturated carbocycles. The first kappa shape index (κ1) is 17.9. The zero-order valence-corrected chi connectivity index (χ0v) is 14.7.